The molecule has 0 radical (unpaired) electrons. The van der Waals surface area contributed by atoms with Gasteiger partial charge in [-0.3, -0.25) is 9.78 Å². The minimum Gasteiger partial charge on any atom is -0.367 e. The summed E-state index contributed by atoms with van der Waals surface area (Å²) in [6, 6.07) is 8.45. The number of amides is 1. The third-order valence-electron chi connectivity index (χ3n) is 4.40. The smallest absolute Gasteiger partial charge is 0.258 e. The first kappa shape index (κ1) is 18.7. The summed E-state index contributed by atoms with van der Waals surface area (Å²) in [6.07, 6.45) is 5.45. The molecule has 146 valence electrons. The van der Waals surface area contributed by atoms with Crippen LogP contribution in [0.5, 0.6) is 0 Å². The van der Waals surface area contributed by atoms with Gasteiger partial charge in [0, 0.05) is 48.3 Å². The van der Waals surface area contributed by atoms with Gasteiger partial charge in [0.15, 0.2) is 6.10 Å². The van der Waals surface area contributed by atoms with Crippen LogP contribution in [-0.4, -0.2) is 28.0 Å². The number of halogens is 2. The molecule has 8 heteroatoms. The average molecular weight is 394 g/mol. The Morgan fingerprint density at radius 2 is 1.83 bits per heavy atom. The molecule has 3 aromatic heterocycles. The summed E-state index contributed by atoms with van der Waals surface area (Å²) in [5, 5.41) is 3.62. The van der Waals surface area contributed by atoms with Crippen LogP contribution in [0.2, 0.25) is 0 Å². The van der Waals surface area contributed by atoms with Gasteiger partial charge in [0.25, 0.3) is 5.91 Å². The molecular formula is C21H16F2N4O2. The number of aromatic amines is 1. The van der Waals surface area contributed by atoms with Crippen LogP contribution in [-0.2, 0) is 9.53 Å². The SMILES string of the molecule is COC(C(=O)Nc1cncc(-c2cnc3[nH]ccc3c2)c1)c1cc(F)cc(F)c1. The molecule has 29 heavy (non-hydrogen) atoms. The van der Waals surface area contributed by atoms with Crippen molar-refractivity contribution in [3.63, 3.8) is 0 Å². The Labute approximate surface area is 164 Å². The van der Waals surface area contributed by atoms with E-state index in [-0.39, 0.29) is 5.56 Å². The molecule has 0 saturated carbocycles. The zero-order chi connectivity index (χ0) is 20.4. The van der Waals surface area contributed by atoms with Crippen LogP contribution >= 0.6 is 0 Å². The van der Waals surface area contributed by atoms with E-state index in [2.05, 4.69) is 20.3 Å². The minimum absolute atomic E-state index is 0.0775. The number of hydrogen-bond acceptors (Lipinski definition) is 4. The van der Waals surface area contributed by atoms with Crippen LogP contribution < -0.4 is 5.32 Å². The van der Waals surface area contributed by atoms with Crippen molar-refractivity contribution in [2.24, 2.45) is 0 Å². The molecule has 0 spiro atoms. The predicted octanol–water partition coefficient (Wildman–Crippen LogP) is 4.23. The lowest BCUT2D eigenvalue weighted by Crippen LogP contribution is -2.23. The van der Waals surface area contributed by atoms with Crippen LogP contribution in [0.25, 0.3) is 22.2 Å². The van der Waals surface area contributed by atoms with Crippen molar-refractivity contribution in [3.05, 3.63) is 78.4 Å². The number of pyridine rings is 2. The number of nitrogens with zero attached hydrogens (tertiary/aromatic N) is 2. The van der Waals surface area contributed by atoms with Crippen molar-refractivity contribution in [1.82, 2.24) is 15.0 Å². The normalized spacial score (nSPS) is 12.1. The van der Waals surface area contributed by atoms with Gasteiger partial charge in [-0.25, -0.2) is 13.8 Å². The summed E-state index contributed by atoms with van der Waals surface area (Å²) in [7, 11) is 1.29. The molecule has 0 saturated heterocycles. The second-order valence-electron chi connectivity index (χ2n) is 6.41. The third kappa shape index (κ3) is 3.97. The highest BCUT2D eigenvalue weighted by molar-refractivity contribution is 5.95. The molecule has 6 nitrogen and oxygen atoms in total. The fourth-order valence-corrected chi connectivity index (χ4v) is 3.09. The summed E-state index contributed by atoms with van der Waals surface area (Å²) in [4.78, 5) is 24.2. The van der Waals surface area contributed by atoms with E-state index in [4.69, 9.17) is 4.74 Å². The Balaban J connectivity index is 1.58. The molecule has 0 fully saturated rings. The molecule has 0 bridgehead atoms. The molecule has 0 aliphatic heterocycles. The summed E-state index contributed by atoms with van der Waals surface area (Å²) < 4.78 is 32.2. The molecule has 1 amide bonds. The van der Waals surface area contributed by atoms with Crippen LogP contribution in [0, 0.1) is 11.6 Å². The second kappa shape index (κ2) is 7.76. The van der Waals surface area contributed by atoms with Crippen LogP contribution in [0.1, 0.15) is 11.7 Å². The van der Waals surface area contributed by atoms with Gasteiger partial charge >= 0.3 is 0 Å². The Hall–Kier alpha value is -3.65. The zero-order valence-corrected chi connectivity index (χ0v) is 15.3. The molecule has 4 aromatic rings. The van der Waals surface area contributed by atoms with Gasteiger partial charge < -0.3 is 15.0 Å². The molecular weight excluding hydrogens is 378 g/mol. The zero-order valence-electron chi connectivity index (χ0n) is 15.3. The highest BCUT2D eigenvalue weighted by atomic mass is 19.1. The van der Waals surface area contributed by atoms with Crippen molar-refractivity contribution in [2.75, 3.05) is 12.4 Å². The van der Waals surface area contributed by atoms with Gasteiger partial charge in [0.2, 0.25) is 0 Å². The Morgan fingerprint density at radius 3 is 2.59 bits per heavy atom. The van der Waals surface area contributed by atoms with Crippen molar-refractivity contribution in [3.8, 4) is 11.1 Å². The summed E-state index contributed by atoms with van der Waals surface area (Å²) in [6.45, 7) is 0. The second-order valence-corrected chi connectivity index (χ2v) is 6.41. The highest BCUT2D eigenvalue weighted by Gasteiger charge is 2.22. The monoisotopic (exact) mass is 394 g/mol. The molecule has 0 aliphatic rings. The molecule has 0 aliphatic carbocycles. The fraction of sp³-hybridized carbons (Fsp3) is 0.0952. The Kier molecular flexibility index (Phi) is 5.01. The van der Waals surface area contributed by atoms with Gasteiger partial charge in [-0.15, -0.1) is 0 Å². The quantitative estimate of drug-likeness (QED) is 0.531. The number of aromatic nitrogens is 3. The number of anilines is 1. The number of methoxy groups -OCH3 is 1. The minimum atomic E-state index is -1.18. The molecule has 2 N–H and O–H groups in total. The average Bonchev–Trinajstić information content (AvgIpc) is 3.16. The van der Waals surface area contributed by atoms with Gasteiger partial charge in [0.05, 0.1) is 11.9 Å². The van der Waals surface area contributed by atoms with E-state index in [0.717, 1.165) is 40.4 Å². The molecule has 1 aromatic carbocycles. The number of fused-ring (bicyclic) bond motifs is 1. The standard InChI is InChI=1S/C21H16F2N4O2/c1-29-19(13-5-16(22)8-17(23)6-13)21(28)27-18-7-15(9-24-11-18)14-4-12-2-3-25-20(12)26-10-14/h2-11,19H,1H3,(H,25,26)(H,27,28). The van der Waals surface area contributed by atoms with Gasteiger partial charge in [-0.1, -0.05) is 0 Å². The topological polar surface area (TPSA) is 79.9 Å². The molecule has 1 atom stereocenters. The van der Waals surface area contributed by atoms with E-state index in [0.29, 0.717) is 5.69 Å². The van der Waals surface area contributed by atoms with E-state index in [1.54, 1.807) is 24.7 Å². The lowest BCUT2D eigenvalue weighted by Gasteiger charge is -2.16. The first-order valence-electron chi connectivity index (χ1n) is 8.72. The van der Waals surface area contributed by atoms with Crippen LogP contribution in [0.15, 0.2) is 61.2 Å². The molecule has 3 heterocycles. The number of H-pyrrole nitrogens is 1. The van der Waals surface area contributed by atoms with Gasteiger partial charge in [-0.05, 0) is 35.9 Å². The first-order valence-corrected chi connectivity index (χ1v) is 8.72. The predicted molar refractivity (Wildman–Crippen MR) is 104 cm³/mol. The summed E-state index contributed by atoms with van der Waals surface area (Å²) >= 11 is 0. The number of carbonyl (C=O) groups is 1. The maximum Gasteiger partial charge on any atom is 0.258 e. The van der Waals surface area contributed by atoms with E-state index in [1.807, 2.05) is 12.1 Å². The van der Waals surface area contributed by atoms with Gasteiger partial charge in [0.1, 0.15) is 17.3 Å². The molecule has 1 unspecified atom stereocenters. The maximum absolute atomic E-state index is 13.5. The van der Waals surface area contributed by atoms with Crippen molar-refractivity contribution < 1.29 is 18.3 Å². The lowest BCUT2D eigenvalue weighted by molar-refractivity contribution is -0.126. The number of hydrogen-bond donors (Lipinski definition) is 2. The largest absolute Gasteiger partial charge is 0.367 e. The highest BCUT2D eigenvalue weighted by Crippen LogP contribution is 2.25. The number of rotatable bonds is 5. The Bertz CT molecular complexity index is 1170. The number of ether oxygens (including phenoxy) is 1. The third-order valence-corrected chi connectivity index (χ3v) is 4.40. The summed E-state index contributed by atoms with van der Waals surface area (Å²) in [5.41, 5.74) is 2.85. The van der Waals surface area contributed by atoms with Crippen molar-refractivity contribution >= 4 is 22.6 Å². The van der Waals surface area contributed by atoms with E-state index >= 15 is 0 Å². The first-order chi connectivity index (χ1) is 14.0. The lowest BCUT2D eigenvalue weighted by atomic mass is 10.1. The van der Waals surface area contributed by atoms with E-state index in [1.165, 1.54) is 13.3 Å². The van der Waals surface area contributed by atoms with Crippen LogP contribution in [0.3, 0.4) is 0 Å². The number of carbonyl (C=O) groups excluding carboxylic acids is 1. The van der Waals surface area contributed by atoms with Gasteiger partial charge in [-0.2, -0.15) is 0 Å². The fourth-order valence-electron chi connectivity index (χ4n) is 3.09. The number of benzene rings is 1. The van der Waals surface area contributed by atoms with Crippen molar-refractivity contribution in [1.29, 1.82) is 0 Å². The molecule has 4 rings (SSSR count). The number of nitrogens with one attached hydrogen (secondary N) is 2. The maximum atomic E-state index is 13.5. The van der Waals surface area contributed by atoms with Crippen LogP contribution in [0.4, 0.5) is 14.5 Å². The Morgan fingerprint density at radius 1 is 1.07 bits per heavy atom. The van der Waals surface area contributed by atoms with Crippen molar-refractivity contribution in [2.45, 2.75) is 6.10 Å². The van der Waals surface area contributed by atoms with E-state index < -0.39 is 23.6 Å². The van der Waals surface area contributed by atoms with E-state index in [9.17, 15) is 13.6 Å². The summed E-state index contributed by atoms with van der Waals surface area (Å²) in [5.74, 6) is -2.15.